The number of aromatic nitrogens is 2. The number of hydrogen-bond acceptors (Lipinski definition) is 4. The fourth-order valence-electron chi connectivity index (χ4n) is 2.39. The van der Waals surface area contributed by atoms with Crippen molar-refractivity contribution in [1.29, 1.82) is 0 Å². The van der Waals surface area contributed by atoms with Crippen LogP contribution in [0, 0.1) is 6.92 Å². The van der Waals surface area contributed by atoms with E-state index in [4.69, 9.17) is 0 Å². The molecule has 0 saturated carbocycles. The second kappa shape index (κ2) is 4.29. The molecule has 0 amide bonds. The highest BCUT2D eigenvalue weighted by atomic mass is 15.2. The van der Waals surface area contributed by atoms with Gasteiger partial charge in [0.25, 0.3) is 0 Å². The summed E-state index contributed by atoms with van der Waals surface area (Å²) in [5, 5.41) is 3.08. The van der Waals surface area contributed by atoms with Crippen molar-refractivity contribution in [1.82, 2.24) is 9.97 Å². The molecule has 1 aliphatic rings. The van der Waals surface area contributed by atoms with Gasteiger partial charge in [-0.2, -0.15) is 0 Å². The first kappa shape index (κ1) is 11.0. The highest BCUT2D eigenvalue weighted by Crippen LogP contribution is 2.33. The SMILES string of the molecule is CNc1cc(N2CCc3ccccc32)nc(C)n1. The van der Waals surface area contributed by atoms with Gasteiger partial charge in [0.05, 0.1) is 0 Å². The Morgan fingerprint density at radius 2 is 2.06 bits per heavy atom. The Balaban J connectivity index is 2.04. The number of benzene rings is 1. The van der Waals surface area contributed by atoms with Crippen molar-refractivity contribution < 1.29 is 0 Å². The number of nitrogens with one attached hydrogen (secondary N) is 1. The summed E-state index contributed by atoms with van der Waals surface area (Å²) in [5.74, 6) is 2.62. The quantitative estimate of drug-likeness (QED) is 0.875. The third-order valence-corrected chi connectivity index (χ3v) is 3.24. The second-order valence-electron chi connectivity index (χ2n) is 4.44. The van der Waals surface area contributed by atoms with Crippen molar-refractivity contribution in [3.63, 3.8) is 0 Å². The van der Waals surface area contributed by atoms with E-state index >= 15 is 0 Å². The maximum absolute atomic E-state index is 4.54. The van der Waals surface area contributed by atoms with Crippen LogP contribution in [0.15, 0.2) is 30.3 Å². The van der Waals surface area contributed by atoms with E-state index in [0.29, 0.717) is 0 Å². The molecule has 2 heterocycles. The van der Waals surface area contributed by atoms with Crippen molar-refractivity contribution in [2.75, 3.05) is 23.8 Å². The van der Waals surface area contributed by atoms with E-state index in [-0.39, 0.29) is 0 Å². The summed E-state index contributed by atoms with van der Waals surface area (Å²) in [5.41, 5.74) is 2.65. The lowest BCUT2D eigenvalue weighted by Gasteiger charge is -2.19. The van der Waals surface area contributed by atoms with E-state index in [9.17, 15) is 0 Å². The normalized spacial score (nSPS) is 13.6. The zero-order valence-corrected chi connectivity index (χ0v) is 10.6. The zero-order valence-electron chi connectivity index (χ0n) is 10.6. The van der Waals surface area contributed by atoms with Gasteiger partial charge in [-0.25, -0.2) is 9.97 Å². The third kappa shape index (κ3) is 1.79. The Hall–Kier alpha value is -2.10. The molecule has 4 heteroatoms. The van der Waals surface area contributed by atoms with Gasteiger partial charge in [-0.15, -0.1) is 0 Å². The molecule has 4 nitrogen and oxygen atoms in total. The molecule has 0 spiro atoms. The molecule has 0 aliphatic carbocycles. The van der Waals surface area contributed by atoms with Crippen LogP contribution in [0.4, 0.5) is 17.3 Å². The molecule has 92 valence electrons. The average Bonchev–Trinajstić information content (AvgIpc) is 2.81. The van der Waals surface area contributed by atoms with Crippen LogP contribution in [-0.2, 0) is 6.42 Å². The maximum Gasteiger partial charge on any atom is 0.138 e. The van der Waals surface area contributed by atoms with Gasteiger partial charge < -0.3 is 10.2 Å². The van der Waals surface area contributed by atoms with Crippen molar-refractivity contribution in [3.8, 4) is 0 Å². The van der Waals surface area contributed by atoms with Gasteiger partial charge >= 0.3 is 0 Å². The second-order valence-corrected chi connectivity index (χ2v) is 4.44. The van der Waals surface area contributed by atoms with Crippen molar-refractivity contribution in [2.24, 2.45) is 0 Å². The molecule has 1 aromatic heterocycles. The summed E-state index contributed by atoms with van der Waals surface area (Å²) in [4.78, 5) is 11.1. The van der Waals surface area contributed by atoms with Crippen molar-refractivity contribution >= 4 is 17.3 Å². The van der Waals surface area contributed by atoms with Gasteiger partial charge in [0.2, 0.25) is 0 Å². The van der Waals surface area contributed by atoms with Gasteiger partial charge in [-0.05, 0) is 25.0 Å². The fraction of sp³-hybridized carbons (Fsp3) is 0.286. The van der Waals surface area contributed by atoms with Crippen LogP contribution >= 0.6 is 0 Å². The molecule has 0 saturated heterocycles. The minimum absolute atomic E-state index is 0.793. The molecule has 1 aromatic carbocycles. The molecule has 2 aromatic rings. The molecule has 0 unspecified atom stereocenters. The Morgan fingerprint density at radius 1 is 1.22 bits per heavy atom. The van der Waals surface area contributed by atoms with Crippen LogP contribution in [0.5, 0.6) is 0 Å². The van der Waals surface area contributed by atoms with Crippen LogP contribution in [0.25, 0.3) is 0 Å². The number of fused-ring (bicyclic) bond motifs is 1. The van der Waals surface area contributed by atoms with E-state index < -0.39 is 0 Å². The van der Waals surface area contributed by atoms with Crippen LogP contribution < -0.4 is 10.2 Å². The summed E-state index contributed by atoms with van der Waals surface area (Å²) < 4.78 is 0. The lowest BCUT2D eigenvalue weighted by molar-refractivity contribution is 0.946. The van der Waals surface area contributed by atoms with Crippen molar-refractivity contribution in [2.45, 2.75) is 13.3 Å². The number of rotatable bonds is 2. The van der Waals surface area contributed by atoms with E-state index in [1.54, 1.807) is 0 Å². The van der Waals surface area contributed by atoms with Crippen LogP contribution in [-0.4, -0.2) is 23.6 Å². The van der Waals surface area contributed by atoms with Gasteiger partial charge in [-0.3, -0.25) is 0 Å². The molecular formula is C14H16N4. The minimum Gasteiger partial charge on any atom is -0.373 e. The predicted octanol–water partition coefficient (Wildman–Crippen LogP) is 2.52. The summed E-state index contributed by atoms with van der Waals surface area (Å²) in [6, 6.07) is 10.5. The van der Waals surface area contributed by atoms with E-state index in [1.165, 1.54) is 11.3 Å². The lowest BCUT2D eigenvalue weighted by Crippen LogP contribution is -2.16. The number of para-hydroxylation sites is 1. The summed E-state index contributed by atoms with van der Waals surface area (Å²) in [6.45, 7) is 2.91. The largest absolute Gasteiger partial charge is 0.373 e. The lowest BCUT2D eigenvalue weighted by atomic mass is 10.2. The summed E-state index contributed by atoms with van der Waals surface area (Å²) in [7, 11) is 1.88. The zero-order chi connectivity index (χ0) is 12.5. The van der Waals surface area contributed by atoms with Crippen LogP contribution in [0.1, 0.15) is 11.4 Å². The Bertz CT molecular complexity index is 580. The Kier molecular flexibility index (Phi) is 2.63. The topological polar surface area (TPSA) is 41.0 Å². The number of aryl methyl sites for hydroxylation is 1. The first-order valence-corrected chi connectivity index (χ1v) is 6.17. The highest BCUT2D eigenvalue weighted by molar-refractivity contribution is 5.68. The Labute approximate surface area is 107 Å². The predicted molar refractivity (Wildman–Crippen MR) is 73.5 cm³/mol. The molecule has 0 atom stereocenters. The van der Waals surface area contributed by atoms with Gasteiger partial charge in [0, 0.05) is 25.3 Å². The minimum atomic E-state index is 0.793. The first-order chi connectivity index (χ1) is 8.78. The van der Waals surface area contributed by atoms with E-state index in [2.05, 4.69) is 44.5 Å². The fourth-order valence-corrected chi connectivity index (χ4v) is 2.39. The van der Waals surface area contributed by atoms with Crippen LogP contribution in [0.2, 0.25) is 0 Å². The molecule has 0 bridgehead atoms. The van der Waals surface area contributed by atoms with Crippen LogP contribution in [0.3, 0.4) is 0 Å². The standard InChI is InChI=1S/C14H16N4/c1-10-16-13(15-2)9-14(17-10)18-8-7-11-5-3-4-6-12(11)18/h3-6,9H,7-8H2,1-2H3,(H,15,16,17). The smallest absolute Gasteiger partial charge is 0.138 e. The Morgan fingerprint density at radius 3 is 2.89 bits per heavy atom. The van der Waals surface area contributed by atoms with Crippen molar-refractivity contribution in [3.05, 3.63) is 41.7 Å². The molecule has 1 aliphatic heterocycles. The number of nitrogens with zero attached hydrogens (tertiary/aromatic N) is 3. The molecule has 0 fully saturated rings. The molecule has 1 N–H and O–H groups in total. The third-order valence-electron chi connectivity index (χ3n) is 3.24. The van der Waals surface area contributed by atoms with E-state index in [1.807, 2.05) is 20.0 Å². The highest BCUT2D eigenvalue weighted by Gasteiger charge is 2.21. The molecule has 0 radical (unpaired) electrons. The van der Waals surface area contributed by atoms with Gasteiger partial charge in [0.15, 0.2) is 0 Å². The molecule has 18 heavy (non-hydrogen) atoms. The first-order valence-electron chi connectivity index (χ1n) is 6.17. The number of anilines is 3. The van der Waals surface area contributed by atoms with Gasteiger partial charge in [-0.1, -0.05) is 18.2 Å². The number of hydrogen-bond donors (Lipinski definition) is 1. The summed E-state index contributed by atoms with van der Waals surface area (Å²) >= 11 is 0. The summed E-state index contributed by atoms with van der Waals surface area (Å²) in [6.07, 6.45) is 1.08. The average molecular weight is 240 g/mol. The maximum atomic E-state index is 4.54. The van der Waals surface area contributed by atoms with Gasteiger partial charge in [0.1, 0.15) is 17.5 Å². The monoisotopic (exact) mass is 240 g/mol. The molecule has 3 rings (SSSR count). The van der Waals surface area contributed by atoms with E-state index in [0.717, 1.165) is 30.4 Å². The molecular weight excluding hydrogens is 224 g/mol.